The number of fused-ring (bicyclic) bond motifs is 1. The maximum absolute atomic E-state index is 12.1. The van der Waals surface area contributed by atoms with Crippen LogP contribution in [0.2, 0.25) is 0 Å². The zero-order valence-electron chi connectivity index (χ0n) is 9.98. The second kappa shape index (κ2) is 4.40. The highest BCUT2D eigenvalue weighted by molar-refractivity contribution is 6.03. The van der Waals surface area contributed by atoms with Crippen LogP contribution >= 0.6 is 0 Å². The number of aliphatic hydroxyl groups excluding tert-OH is 1. The number of aliphatic hydroxyl groups is 1. The third-order valence-corrected chi connectivity index (χ3v) is 3.18. The number of Topliss-reactive ketones (excluding diaryl/α,β-unsaturated/α-hetero) is 1. The number of phenols is 1. The van der Waals surface area contributed by atoms with Crippen molar-refractivity contribution in [2.45, 2.75) is 12.2 Å². The van der Waals surface area contributed by atoms with E-state index in [9.17, 15) is 15.0 Å². The van der Waals surface area contributed by atoms with E-state index in [4.69, 9.17) is 4.74 Å². The smallest absolute Gasteiger partial charge is 0.199 e. The highest BCUT2D eigenvalue weighted by Crippen LogP contribution is 2.35. The lowest BCUT2D eigenvalue weighted by Crippen LogP contribution is -2.36. The molecule has 19 heavy (non-hydrogen) atoms. The normalized spacial score (nSPS) is 21.6. The van der Waals surface area contributed by atoms with Gasteiger partial charge in [-0.3, -0.25) is 4.79 Å². The lowest BCUT2D eigenvalue weighted by atomic mass is 9.93. The molecule has 0 amide bonds. The Labute approximate surface area is 109 Å². The molecule has 2 N–H and O–H groups in total. The predicted octanol–water partition coefficient (Wildman–Crippen LogP) is 2.07. The lowest BCUT2D eigenvalue weighted by Gasteiger charge is -2.29. The first-order valence-electron chi connectivity index (χ1n) is 5.94. The van der Waals surface area contributed by atoms with Gasteiger partial charge in [-0.05, 0) is 29.8 Å². The van der Waals surface area contributed by atoms with Gasteiger partial charge in [-0.2, -0.15) is 0 Å². The summed E-state index contributed by atoms with van der Waals surface area (Å²) in [5.74, 6) is 0.247. The Bertz CT molecular complexity index is 618. The average Bonchev–Trinajstić information content (AvgIpc) is 2.44. The Balaban J connectivity index is 2.01. The summed E-state index contributed by atoms with van der Waals surface area (Å²) < 4.78 is 5.69. The molecule has 2 atom stereocenters. The second-order valence-corrected chi connectivity index (χ2v) is 4.44. The Morgan fingerprint density at radius 2 is 1.68 bits per heavy atom. The minimum atomic E-state index is -1.24. The Morgan fingerprint density at radius 3 is 2.42 bits per heavy atom. The first-order chi connectivity index (χ1) is 9.16. The number of aromatic hydroxyl groups is 1. The van der Waals surface area contributed by atoms with Gasteiger partial charge in [-0.1, -0.05) is 24.3 Å². The van der Waals surface area contributed by atoms with Crippen LogP contribution in [0.15, 0.2) is 48.5 Å². The van der Waals surface area contributed by atoms with Gasteiger partial charge in [0.15, 0.2) is 18.0 Å². The van der Waals surface area contributed by atoms with Crippen molar-refractivity contribution in [3.05, 3.63) is 59.7 Å². The number of phenolic OH excluding ortho intramolecular Hbond substituents is 1. The predicted molar refractivity (Wildman–Crippen MR) is 68.3 cm³/mol. The number of carbonyl (C=O) groups excluding carboxylic acids is 1. The van der Waals surface area contributed by atoms with Gasteiger partial charge in [-0.25, -0.2) is 0 Å². The number of hydrogen-bond donors (Lipinski definition) is 2. The standard InChI is InChI=1S/C15H12O4/c16-10-7-5-9(6-8-10)15-14(18)13(17)11-3-1-2-4-12(11)19-15/h1-8,14-16,18H/t14-,15-/m0/s1. The molecule has 1 aliphatic rings. The first kappa shape index (κ1) is 11.7. The summed E-state index contributed by atoms with van der Waals surface area (Å²) in [5, 5.41) is 19.3. The molecule has 4 nitrogen and oxygen atoms in total. The molecular weight excluding hydrogens is 244 g/mol. The molecule has 3 rings (SSSR count). The van der Waals surface area contributed by atoms with Gasteiger partial charge in [0.05, 0.1) is 5.56 Å². The van der Waals surface area contributed by atoms with Gasteiger partial charge in [0.1, 0.15) is 11.5 Å². The number of carbonyl (C=O) groups is 1. The summed E-state index contributed by atoms with van der Waals surface area (Å²) in [5.41, 5.74) is 1.04. The number of ketones is 1. The van der Waals surface area contributed by atoms with Crippen molar-refractivity contribution in [1.82, 2.24) is 0 Å². The summed E-state index contributed by atoms with van der Waals surface area (Å²) >= 11 is 0. The lowest BCUT2D eigenvalue weighted by molar-refractivity contribution is 0.0216. The van der Waals surface area contributed by atoms with Crippen LogP contribution in [0, 0.1) is 0 Å². The maximum Gasteiger partial charge on any atom is 0.199 e. The van der Waals surface area contributed by atoms with E-state index in [1.807, 2.05) is 0 Å². The minimum absolute atomic E-state index is 0.126. The number of benzene rings is 2. The molecule has 0 aromatic heterocycles. The minimum Gasteiger partial charge on any atom is -0.508 e. The molecule has 1 heterocycles. The van der Waals surface area contributed by atoms with Crippen LogP contribution in [0.4, 0.5) is 0 Å². The fourth-order valence-electron chi connectivity index (χ4n) is 2.19. The van der Waals surface area contributed by atoms with Crippen molar-refractivity contribution in [2.75, 3.05) is 0 Å². The molecule has 2 aromatic rings. The maximum atomic E-state index is 12.1. The molecule has 96 valence electrons. The van der Waals surface area contributed by atoms with Crippen LogP contribution in [0.25, 0.3) is 0 Å². The van der Waals surface area contributed by atoms with E-state index < -0.39 is 12.2 Å². The van der Waals surface area contributed by atoms with E-state index >= 15 is 0 Å². The third-order valence-electron chi connectivity index (χ3n) is 3.18. The van der Waals surface area contributed by atoms with Crippen LogP contribution in [0.5, 0.6) is 11.5 Å². The average molecular weight is 256 g/mol. The van der Waals surface area contributed by atoms with Crippen molar-refractivity contribution >= 4 is 5.78 Å². The molecule has 0 saturated heterocycles. The van der Waals surface area contributed by atoms with E-state index in [2.05, 4.69) is 0 Å². The molecule has 1 aliphatic heterocycles. The number of rotatable bonds is 1. The molecule has 0 aliphatic carbocycles. The largest absolute Gasteiger partial charge is 0.508 e. The number of ether oxygens (including phenoxy) is 1. The van der Waals surface area contributed by atoms with E-state index in [0.717, 1.165) is 0 Å². The third kappa shape index (κ3) is 1.96. The summed E-state index contributed by atoms with van der Waals surface area (Å²) in [6.45, 7) is 0. The van der Waals surface area contributed by atoms with Crippen molar-refractivity contribution in [3.63, 3.8) is 0 Å². The molecule has 4 heteroatoms. The number of para-hydroxylation sites is 1. The van der Waals surface area contributed by atoms with Gasteiger partial charge in [0.25, 0.3) is 0 Å². The van der Waals surface area contributed by atoms with Gasteiger partial charge in [-0.15, -0.1) is 0 Å². The van der Waals surface area contributed by atoms with Crippen molar-refractivity contribution in [1.29, 1.82) is 0 Å². The molecule has 0 bridgehead atoms. The van der Waals surface area contributed by atoms with Crippen molar-refractivity contribution in [3.8, 4) is 11.5 Å². The molecule has 0 fully saturated rings. The van der Waals surface area contributed by atoms with Crippen LogP contribution in [0.3, 0.4) is 0 Å². The van der Waals surface area contributed by atoms with Gasteiger partial charge >= 0.3 is 0 Å². The highest BCUT2D eigenvalue weighted by Gasteiger charge is 2.36. The fourth-order valence-corrected chi connectivity index (χ4v) is 2.19. The highest BCUT2D eigenvalue weighted by atomic mass is 16.5. The van der Waals surface area contributed by atoms with Crippen LogP contribution in [-0.4, -0.2) is 22.1 Å². The molecule has 0 spiro atoms. The van der Waals surface area contributed by atoms with Crippen molar-refractivity contribution < 1.29 is 19.7 Å². The topological polar surface area (TPSA) is 66.8 Å². The molecule has 0 radical (unpaired) electrons. The van der Waals surface area contributed by atoms with E-state index in [0.29, 0.717) is 16.9 Å². The molecule has 2 aromatic carbocycles. The van der Waals surface area contributed by atoms with Gasteiger partial charge in [0.2, 0.25) is 0 Å². The summed E-state index contributed by atoms with van der Waals surface area (Å²) in [6, 6.07) is 13.1. The zero-order valence-corrected chi connectivity index (χ0v) is 9.98. The number of hydrogen-bond acceptors (Lipinski definition) is 4. The summed E-state index contributed by atoms with van der Waals surface area (Å²) in [4.78, 5) is 12.1. The monoisotopic (exact) mass is 256 g/mol. The van der Waals surface area contributed by atoms with Gasteiger partial charge in [0, 0.05) is 0 Å². The van der Waals surface area contributed by atoms with E-state index in [-0.39, 0.29) is 11.5 Å². The molecular formula is C15H12O4. The van der Waals surface area contributed by atoms with Crippen LogP contribution in [0.1, 0.15) is 22.0 Å². The quantitative estimate of drug-likeness (QED) is 0.819. The van der Waals surface area contributed by atoms with E-state index in [1.54, 1.807) is 36.4 Å². The first-order valence-corrected chi connectivity index (χ1v) is 5.94. The summed E-state index contributed by atoms with van der Waals surface area (Å²) in [6.07, 6.45) is -1.98. The Kier molecular flexibility index (Phi) is 2.72. The van der Waals surface area contributed by atoms with Crippen molar-refractivity contribution in [2.24, 2.45) is 0 Å². The van der Waals surface area contributed by atoms with E-state index in [1.165, 1.54) is 12.1 Å². The zero-order chi connectivity index (χ0) is 13.4. The van der Waals surface area contributed by atoms with Gasteiger partial charge < -0.3 is 14.9 Å². The SMILES string of the molecule is O=C1c2ccccc2O[C@@H](c2ccc(O)cc2)[C@H]1O. The van der Waals surface area contributed by atoms with Crippen LogP contribution in [-0.2, 0) is 0 Å². The Hall–Kier alpha value is -2.33. The Morgan fingerprint density at radius 1 is 1.00 bits per heavy atom. The fraction of sp³-hybridized carbons (Fsp3) is 0.133. The molecule has 0 saturated carbocycles. The second-order valence-electron chi connectivity index (χ2n) is 4.44. The summed E-state index contributed by atoms with van der Waals surface area (Å²) in [7, 11) is 0. The molecule has 0 unspecified atom stereocenters. The van der Waals surface area contributed by atoms with Crippen LogP contribution < -0.4 is 4.74 Å².